The van der Waals surface area contributed by atoms with Gasteiger partial charge in [-0.3, -0.25) is 4.79 Å². The summed E-state index contributed by atoms with van der Waals surface area (Å²) in [6, 6.07) is 0. The molecule has 4 aliphatic carbocycles. The average molecular weight is 322 g/mol. The van der Waals surface area contributed by atoms with Crippen molar-refractivity contribution in [2.24, 2.45) is 17.3 Å². The van der Waals surface area contributed by atoms with E-state index in [2.05, 4.69) is 6.58 Å². The maximum absolute atomic E-state index is 12.7. The molecular formula is C18H26O5. The van der Waals surface area contributed by atoms with Crippen molar-refractivity contribution in [1.29, 1.82) is 0 Å². The Labute approximate surface area is 137 Å². The van der Waals surface area contributed by atoms with E-state index in [4.69, 9.17) is 9.47 Å². The lowest BCUT2D eigenvalue weighted by molar-refractivity contribution is -0.201. The van der Waals surface area contributed by atoms with E-state index in [-0.39, 0.29) is 12.6 Å². The summed E-state index contributed by atoms with van der Waals surface area (Å²) in [5, 5.41) is 10.7. The van der Waals surface area contributed by atoms with Gasteiger partial charge in [-0.1, -0.05) is 6.58 Å². The van der Waals surface area contributed by atoms with E-state index >= 15 is 0 Å². The lowest BCUT2D eigenvalue weighted by Crippen LogP contribution is -2.58. The Morgan fingerprint density at radius 3 is 2.39 bits per heavy atom. The first-order valence-electron chi connectivity index (χ1n) is 8.47. The van der Waals surface area contributed by atoms with Crippen LogP contribution in [0.15, 0.2) is 12.2 Å². The molecule has 0 spiro atoms. The lowest BCUT2D eigenvalue weighted by atomic mass is 9.48. The predicted molar refractivity (Wildman–Crippen MR) is 83.4 cm³/mol. The van der Waals surface area contributed by atoms with Gasteiger partial charge in [0.05, 0.1) is 11.0 Å². The standard InChI is InChI=1S/C18H26O5/c1-11(2)15(19)22-9-12(3)23-16(20)17-5-13-4-14(6-17)8-18(21,7-13)10-17/h12-14,21H,1,4-10H2,2-3H3. The van der Waals surface area contributed by atoms with Gasteiger partial charge in [0, 0.05) is 5.57 Å². The van der Waals surface area contributed by atoms with E-state index in [0.29, 0.717) is 23.8 Å². The van der Waals surface area contributed by atoms with E-state index in [1.165, 1.54) is 0 Å². The first-order chi connectivity index (χ1) is 10.7. The highest BCUT2D eigenvalue weighted by atomic mass is 16.6. The van der Waals surface area contributed by atoms with E-state index in [9.17, 15) is 14.7 Å². The Morgan fingerprint density at radius 2 is 1.87 bits per heavy atom. The Balaban J connectivity index is 1.60. The zero-order valence-corrected chi connectivity index (χ0v) is 14.0. The second-order valence-electron chi connectivity index (χ2n) is 8.06. The van der Waals surface area contributed by atoms with Crippen LogP contribution in [-0.4, -0.2) is 35.4 Å². The van der Waals surface area contributed by atoms with Crippen LogP contribution < -0.4 is 0 Å². The van der Waals surface area contributed by atoms with Crippen molar-refractivity contribution in [2.45, 2.75) is 64.1 Å². The van der Waals surface area contributed by atoms with Crippen LogP contribution in [0.1, 0.15) is 52.4 Å². The highest BCUT2D eigenvalue weighted by molar-refractivity contribution is 5.87. The largest absolute Gasteiger partial charge is 0.459 e. The van der Waals surface area contributed by atoms with Crippen LogP contribution in [0, 0.1) is 17.3 Å². The second-order valence-corrected chi connectivity index (χ2v) is 8.06. The van der Waals surface area contributed by atoms with Gasteiger partial charge in [0.25, 0.3) is 0 Å². The molecule has 0 saturated heterocycles. The summed E-state index contributed by atoms with van der Waals surface area (Å²) in [6.45, 7) is 6.85. The molecule has 128 valence electrons. The van der Waals surface area contributed by atoms with Gasteiger partial charge in [-0.05, 0) is 64.2 Å². The number of carbonyl (C=O) groups excluding carboxylic acids is 2. The molecule has 1 N–H and O–H groups in total. The molecule has 23 heavy (non-hydrogen) atoms. The van der Waals surface area contributed by atoms with E-state index in [1.807, 2.05) is 0 Å². The van der Waals surface area contributed by atoms with Gasteiger partial charge in [0.15, 0.2) is 0 Å². The smallest absolute Gasteiger partial charge is 0.333 e. The molecule has 0 aliphatic heterocycles. The maximum Gasteiger partial charge on any atom is 0.333 e. The SMILES string of the molecule is C=C(C)C(=O)OCC(C)OC(=O)C12CC3CC(CC(O)(C3)C1)C2. The van der Waals surface area contributed by atoms with Crippen molar-refractivity contribution in [3.8, 4) is 0 Å². The Bertz CT molecular complexity index is 524. The van der Waals surface area contributed by atoms with Crippen molar-refractivity contribution in [1.82, 2.24) is 0 Å². The van der Waals surface area contributed by atoms with Crippen molar-refractivity contribution in [3.05, 3.63) is 12.2 Å². The van der Waals surface area contributed by atoms with E-state index < -0.39 is 23.1 Å². The number of hydrogen-bond donors (Lipinski definition) is 1. The Kier molecular flexibility index (Phi) is 4.03. The minimum atomic E-state index is -0.682. The molecule has 5 nitrogen and oxygen atoms in total. The lowest BCUT2D eigenvalue weighted by Gasteiger charge is -2.58. The quantitative estimate of drug-likeness (QED) is 0.621. The molecule has 4 saturated carbocycles. The summed E-state index contributed by atoms with van der Waals surface area (Å²) in [6.07, 6.45) is 4.45. The molecule has 4 fully saturated rings. The molecular weight excluding hydrogens is 296 g/mol. The first-order valence-corrected chi connectivity index (χ1v) is 8.47. The number of carbonyl (C=O) groups is 2. The average Bonchev–Trinajstić information content (AvgIpc) is 2.41. The summed E-state index contributed by atoms with van der Waals surface area (Å²) in [7, 11) is 0. The Hall–Kier alpha value is -1.36. The van der Waals surface area contributed by atoms with E-state index in [0.717, 1.165) is 32.1 Å². The molecule has 0 radical (unpaired) electrons. The molecule has 0 heterocycles. The minimum Gasteiger partial charge on any atom is -0.459 e. The molecule has 0 aromatic rings. The number of esters is 2. The third kappa shape index (κ3) is 3.16. The first kappa shape index (κ1) is 16.5. The van der Waals surface area contributed by atoms with Crippen LogP contribution in [0.2, 0.25) is 0 Å². The summed E-state index contributed by atoms with van der Waals surface area (Å²) in [5.41, 5.74) is -0.892. The van der Waals surface area contributed by atoms with Gasteiger partial charge in [-0.15, -0.1) is 0 Å². The fourth-order valence-electron chi connectivity index (χ4n) is 5.11. The second kappa shape index (κ2) is 5.62. The fourth-order valence-corrected chi connectivity index (χ4v) is 5.11. The van der Waals surface area contributed by atoms with Gasteiger partial charge in [-0.25, -0.2) is 4.79 Å². The van der Waals surface area contributed by atoms with Crippen LogP contribution in [0.3, 0.4) is 0 Å². The normalized spacial score (nSPS) is 38.9. The van der Waals surface area contributed by atoms with Crippen LogP contribution >= 0.6 is 0 Å². The molecule has 4 bridgehead atoms. The summed E-state index contributed by atoms with van der Waals surface area (Å²) >= 11 is 0. The van der Waals surface area contributed by atoms with Crippen molar-refractivity contribution < 1.29 is 24.2 Å². The summed E-state index contributed by atoms with van der Waals surface area (Å²) < 4.78 is 10.6. The molecule has 5 heteroatoms. The topological polar surface area (TPSA) is 72.8 Å². The van der Waals surface area contributed by atoms with Gasteiger partial charge in [-0.2, -0.15) is 0 Å². The molecule has 4 aliphatic rings. The van der Waals surface area contributed by atoms with Crippen LogP contribution in [-0.2, 0) is 19.1 Å². The van der Waals surface area contributed by atoms with E-state index in [1.54, 1.807) is 13.8 Å². The van der Waals surface area contributed by atoms with Crippen LogP contribution in [0.4, 0.5) is 0 Å². The third-order valence-electron chi connectivity index (χ3n) is 5.57. The minimum absolute atomic E-state index is 0.0324. The third-order valence-corrected chi connectivity index (χ3v) is 5.57. The highest BCUT2D eigenvalue weighted by Gasteiger charge is 2.61. The molecule has 4 rings (SSSR count). The molecule has 0 amide bonds. The number of hydrogen-bond acceptors (Lipinski definition) is 5. The number of aliphatic hydroxyl groups is 1. The van der Waals surface area contributed by atoms with Gasteiger partial charge in [0.2, 0.25) is 0 Å². The zero-order chi connectivity index (χ0) is 16.8. The van der Waals surface area contributed by atoms with Crippen LogP contribution in [0.5, 0.6) is 0 Å². The zero-order valence-electron chi connectivity index (χ0n) is 14.0. The monoisotopic (exact) mass is 322 g/mol. The fraction of sp³-hybridized carbons (Fsp3) is 0.778. The summed E-state index contributed by atoms with van der Waals surface area (Å²) in [4.78, 5) is 24.1. The van der Waals surface area contributed by atoms with Gasteiger partial charge < -0.3 is 14.6 Å². The van der Waals surface area contributed by atoms with Gasteiger partial charge >= 0.3 is 11.9 Å². The van der Waals surface area contributed by atoms with Crippen molar-refractivity contribution in [3.63, 3.8) is 0 Å². The Morgan fingerprint density at radius 1 is 1.26 bits per heavy atom. The van der Waals surface area contributed by atoms with Crippen molar-refractivity contribution in [2.75, 3.05) is 6.61 Å². The van der Waals surface area contributed by atoms with Crippen molar-refractivity contribution >= 4 is 11.9 Å². The number of rotatable bonds is 5. The molecule has 0 aromatic heterocycles. The maximum atomic E-state index is 12.7. The molecule has 0 aromatic carbocycles. The number of ether oxygens (including phenoxy) is 2. The molecule has 3 atom stereocenters. The summed E-state index contributed by atoms with van der Waals surface area (Å²) in [5.74, 6) is 0.164. The highest BCUT2D eigenvalue weighted by Crippen LogP contribution is 2.62. The van der Waals surface area contributed by atoms with Crippen LogP contribution in [0.25, 0.3) is 0 Å². The predicted octanol–water partition coefficient (Wildman–Crippen LogP) is 2.37. The van der Waals surface area contributed by atoms with Gasteiger partial charge in [0.1, 0.15) is 12.7 Å². The molecule has 3 unspecified atom stereocenters.